The van der Waals surface area contributed by atoms with Crippen molar-refractivity contribution in [2.75, 3.05) is 23.6 Å². The molecule has 0 aliphatic rings. The van der Waals surface area contributed by atoms with Crippen LogP contribution < -0.4 is 5.32 Å². The van der Waals surface area contributed by atoms with Crippen LogP contribution in [0.3, 0.4) is 0 Å². The van der Waals surface area contributed by atoms with Gasteiger partial charge in [-0.2, -0.15) is 11.8 Å². The van der Waals surface area contributed by atoms with E-state index in [0.717, 1.165) is 17.0 Å². The van der Waals surface area contributed by atoms with Crippen LogP contribution in [-0.4, -0.2) is 29.2 Å². The Morgan fingerprint density at radius 1 is 1.30 bits per heavy atom. The highest BCUT2D eigenvalue weighted by Crippen LogP contribution is 2.26. The largest absolute Gasteiger partial charge is 0.302 e. The number of hydrogen-bond acceptors (Lipinski definition) is 5. The normalized spacial score (nSPS) is 10.5. The number of carbonyl (C=O) groups excluding carboxylic acids is 1. The predicted molar refractivity (Wildman–Crippen MR) is 91.0 cm³/mol. The van der Waals surface area contributed by atoms with Gasteiger partial charge in [0.05, 0.1) is 5.69 Å². The van der Waals surface area contributed by atoms with Gasteiger partial charge in [0.2, 0.25) is 5.91 Å². The van der Waals surface area contributed by atoms with Crippen LogP contribution in [0, 0.1) is 0 Å². The van der Waals surface area contributed by atoms with Crippen LogP contribution in [0.5, 0.6) is 0 Å². The van der Waals surface area contributed by atoms with Crippen molar-refractivity contribution in [1.82, 2.24) is 4.98 Å². The Morgan fingerprint density at radius 2 is 2.05 bits per heavy atom. The molecule has 6 heteroatoms. The molecular formula is C14H16N2OS3. The Balaban J connectivity index is 2.02. The molecule has 1 amide bonds. The van der Waals surface area contributed by atoms with Gasteiger partial charge in [0.15, 0.2) is 5.13 Å². The summed E-state index contributed by atoms with van der Waals surface area (Å²) in [6.07, 6.45) is 4.57. The predicted octanol–water partition coefficient (Wildman–Crippen LogP) is 4.22. The molecule has 106 valence electrons. The number of nitrogens with one attached hydrogen (secondary N) is 1. The molecule has 0 saturated heterocycles. The minimum Gasteiger partial charge on any atom is -0.302 e. The lowest BCUT2D eigenvalue weighted by molar-refractivity contribution is -0.115. The first-order valence-corrected chi connectivity index (χ1v) is 9.61. The van der Waals surface area contributed by atoms with Gasteiger partial charge in [0, 0.05) is 28.0 Å². The van der Waals surface area contributed by atoms with Crippen molar-refractivity contribution in [1.29, 1.82) is 0 Å². The lowest BCUT2D eigenvalue weighted by atomic mass is 10.2. The fourth-order valence-electron chi connectivity index (χ4n) is 1.60. The second-order valence-electron chi connectivity index (χ2n) is 4.06. The summed E-state index contributed by atoms with van der Waals surface area (Å²) < 4.78 is 0. The van der Waals surface area contributed by atoms with Crippen molar-refractivity contribution < 1.29 is 4.79 Å². The Bertz CT molecular complexity index is 566. The molecule has 1 heterocycles. The SMILES string of the molecule is CSCCC(=O)Nc1nc(-c2ccc(SC)cc2)cs1. The maximum Gasteiger partial charge on any atom is 0.226 e. The van der Waals surface area contributed by atoms with Crippen molar-refractivity contribution >= 4 is 45.9 Å². The number of thiazole rings is 1. The summed E-state index contributed by atoms with van der Waals surface area (Å²) in [6.45, 7) is 0. The van der Waals surface area contributed by atoms with Crippen LogP contribution in [0.4, 0.5) is 5.13 Å². The molecule has 2 aromatic rings. The highest BCUT2D eigenvalue weighted by atomic mass is 32.2. The molecule has 1 aromatic carbocycles. The summed E-state index contributed by atoms with van der Waals surface area (Å²) in [5.74, 6) is 0.859. The average Bonchev–Trinajstić information content (AvgIpc) is 2.93. The number of rotatable bonds is 6. The highest BCUT2D eigenvalue weighted by molar-refractivity contribution is 7.98. The van der Waals surface area contributed by atoms with Gasteiger partial charge >= 0.3 is 0 Å². The second-order valence-corrected chi connectivity index (χ2v) is 6.78. The van der Waals surface area contributed by atoms with E-state index in [1.807, 2.05) is 11.6 Å². The Hall–Kier alpha value is -0.980. The molecule has 0 aliphatic carbocycles. The fourth-order valence-corrected chi connectivity index (χ4v) is 3.14. The number of hydrogen-bond donors (Lipinski definition) is 1. The number of nitrogens with zero attached hydrogens (tertiary/aromatic N) is 1. The molecule has 0 spiro atoms. The Morgan fingerprint density at radius 3 is 2.70 bits per heavy atom. The summed E-state index contributed by atoms with van der Waals surface area (Å²) in [5.41, 5.74) is 1.98. The van der Waals surface area contributed by atoms with E-state index in [2.05, 4.69) is 40.8 Å². The lowest BCUT2D eigenvalue weighted by Crippen LogP contribution is -2.11. The Labute approximate surface area is 131 Å². The molecule has 0 atom stereocenters. The summed E-state index contributed by atoms with van der Waals surface area (Å²) in [4.78, 5) is 17.3. The quantitative estimate of drug-likeness (QED) is 0.808. The third-order valence-corrected chi connectivity index (χ3v) is 4.78. The van der Waals surface area contributed by atoms with Crippen LogP contribution in [0.1, 0.15) is 6.42 Å². The van der Waals surface area contributed by atoms with Crippen molar-refractivity contribution in [3.05, 3.63) is 29.6 Å². The van der Waals surface area contributed by atoms with Gasteiger partial charge in [0.25, 0.3) is 0 Å². The molecule has 20 heavy (non-hydrogen) atoms. The smallest absolute Gasteiger partial charge is 0.226 e. The second kappa shape index (κ2) is 7.71. The van der Waals surface area contributed by atoms with E-state index in [1.54, 1.807) is 23.5 Å². The van der Waals surface area contributed by atoms with Gasteiger partial charge in [-0.15, -0.1) is 23.1 Å². The molecule has 0 radical (unpaired) electrons. The van der Waals surface area contributed by atoms with Crippen molar-refractivity contribution in [3.8, 4) is 11.3 Å². The van der Waals surface area contributed by atoms with Gasteiger partial charge in [-0.25, -0.2) is 4.98 Å². The van der Waals surface area contributed by atoms with E-state index in [0.29, 0.717) is 11.6 Å². The molecule has 0 saturated carbocycles. The summed E-state index contributed by atoms with van der Waals surface area (Å²) in [6, 6.07) is 8.27. The summed E-state index contributed by atoms with van der Waals surface area (Å²) in [5, 5.41) is 5.48. The van der Waals surface area contributed by atoms with Crippen LogP contribution in [0.25, 0.3) is 11.3 Å². The summed E-state index contributed by atoms with van der Waals surface area (Å²) in [7, 11) is 0. The van der Waals surface area contributed by atoms with Crippen molar-refractivity contribution in [2.24, 2.45) is 0 Å². The molecule has 1 N–H and O–H groups in total. The molecule has 0 fully saturated rings. The maximum absolute atomic E-state index is 11.6. The van der Waals surface area contributed by atoms with E-state index < -0.39 is 0 Å². The minimum absolute atomic E-state index is 0.0259. The van der Waals surface area contributed by atoms with Gasteiger partial charge in [0.1, 0.15) is 0 Å². The first-order valence-electron chi connectivity index (χ1n) is 6.11. The fraction of sp³-hybridized carbons (Fsp3) is 0.286. The van der Waals surface area contributed by atoms with Crippen LogP contribution in [0.15, 0.2) is 34.5 Å². The van der Waals surface area contributed by atoms with Gasteiger partial charge in [-0.3, -0.25) is 4.79 Å². The third-order valence-electron chi connectivity index (χ3n) is 2.67. The van der Waals surface area contributed by atoms with E-state index in [4.69, 9.17) is 0 Å². The number of aromatic nitrogens is 1. The van der Waals surface area contributed by atoms with Gasteiger partial charge < -0.3 is 5.32 Å². The van der Waals surface area contributed by atoms with Crippen LogP contribution >= 0.6 is 34.9 Å². The van der Waals surface area contributed by atoms with Gasteiger partial charge in [-0.1, -0.05) is 12.1 Å². The lowest BCUT2D eigenvalue weighted by Gasteiger charge is -2.00. The van der Waals surface area contributed by atoms with Crippen molar-refractivity contribution in [3.63, 3.8) is 0 Å². The summed E-state index contributed by atoms with van der Waals surface area (Å²) >= 11 is 4.84. The van der Waals surface area contributed by atoms with E-state index in [1.165, 1.54) is 16.2 Å². The molecule has 1 aromatic heterocycles. The Kier molecular flexibility index (Phi) is 5.94. The van der Waals surface area contributed by atoms with E-state index in [9.17, 15) is 4.79 Å². The zero-order chi connectivity index (χ0) is 14.4. The monoisotopic (exact) mass is 324 g/mol. The minimum atomic E-state index is 0.0259. The molecule has 3 nitrogen and oxygen atoms in total. The number of anilines is 1. The number of thioether (sulfide) groups is 2. The first kappa shape index (κ1) is 15.4. The van der Waals surface area contributed by atoms with E-state index in [-0.39, 0.29) is 5.91 Å². The number of benzene rings is 1. The third kappa shape index (κ3) is 4.26. The highest BCUT2D eigenvalue weighted by Gasteiger charge is 2.07. The first-order chi connectivity index (χ1) is 9.72. The van der Waals surface area contributed by atoms with Crippen LogP contribution in [-0.2, 0) is 4.79 Å². The zero-order valence-electron chi connectivity index (χ0n) is 11.4. The van der Waals surface area contributed by atoms with Crippen molar-refractivity contribution in [2.45, 2.75) is 11.3 Å². The van der Waals surface area contributed by atoms with Crippen LogP contribution in [0.2, 0.25) is 0 Å². The van der Waals surface area contributed by atoms with E-state index >= 15 is 0 Å². The maximum atomic E-state index is 11.6. The molecule has 0 unspecified atom stereocenters. The zero-order valence-corrected chi connectivity index (χ0v) is 13.8. The van der Waals surface area contributed by atoms with Gasteiger partial charge in [-0.05, 0) is 24.6 Å². The molecule has 0 bridgehead atoms. The number of carbonyl (C=O) groups is 1. The molecule has 2 rings (SSSR count). The molecule has 0 aliphatic heterocycles. The topological polar surface area (TPSA) is 42.0 Å². The molecular weight excluding hydrogens is 308 g/mol. The standard InChI is InChI=1S/C14H16N2OS3/c1-18-8-7-13(17)16-14-15-12(9-20-14)10-3-5-11(19-2)6-4-10/h3-6,9H,7-8H2,1-2H3,(H,15,16,17). The average molecular weight is 324 g/mol. The number of amides is 1.